The Labute approximate surface area is 168 Å². The van der Waals surface area contributed by atoms with E-state index in [0.29, 0.717) is 17.1 Å². The van der Waals surface area contributed by atoms with E-state index in [1.165, 1.54) is 17.7 Å². The average molecular weight is 390 g/mol. The van der Waals surface area contributed by atoms with Crippen molar-refractivity contribution in [3.8, 4) is 11.3 Å². The van der Waals surface area contributed by atoms with Crippen molar-refractivity contribution in [2.75, 3.05) is 10.6 Å². The second-order valence-corrected chi connectivity index (χ2v) is 6.79. The third kappa shape index (κ3) is 4.95. The molecule has 29 heavy (non-hydrogen) atoms. The van der Waals surface area contributed by atoms with Gasteiger partial charge in [-0.15, -0.1) is 0 Å². The first-order chi connectivity index (χ1) is 13.8. The largest absolute Gasteiger partial charge is 0.326 e. The van der Waals surface area contributed by atoms with Crippen LogP contribution in [0.1, 0.15) is 25.5 Å². The lowest BCUT2D eigenvalue weighted by Gasteiger charge is -2.15. The van der Waals surface area contributed by atoms with E-state index in [1.54, 1.807) is 37.3 Å². The van der Waals surface area contributed by atoms with Gasteiger partial charge in [-0.2, -0.15) is 5.10 Å². The van der Waals surface area contributed by atoms with Crippen molar-refractivity contribution in [1.29, 1.82) is 0 Å². The van der Waals surface area contributed by atoms with E-state index in [-0.39, 0.29) is 17.4 Å². The smallest absolute Gasteiger partial charge is 0.267 e. The summed E-state index contributed by atoms with van der Waals surface area (Å²) in [5, 5.41) is 9.80. The quantitative estimate of drug-likeness (QED) is 0.698. The van der Waals surface area contributed by atoms with Gasteiger partial charge in [-0.25, -0.2) is 4.68 Å². The van der Waals surface area contributed by atoms with Gasteiger partial charge in [0.2, 0.25) is 11.8 Å². The molecule has 2 amide bonds. The fourth-order valence-electron chi connectivity index (χ4n) is 2.82. The van der Waals surface area contributed by atoms with Crippen molar-refractivity contribution < 1.29 is 9.59 Å². The number of nitrogens with zero attached hydrogens (tertiary/aromatic N) is 2. The highest BCUT2D eigenvalue weighted by Gasteiger charge is 2.18. The summed E-state index contributed by atoms with van der Waals surface area (Å²) in [6.07, 6.45) is 0. The maximum Gasteiger partial charge on any atom is 0.267 e. The van der Waals surface area contributed by atoms with Gasteiger partial charge in [-0.3, -0.25) is 14.4 Å². The Hall–Kier alpha value is -3.74. The standard InChI is InChI=1S/C22H22N4O3/c1-14-7-9-17(10-8-14)20-11-12-21(28)26(25-20)15(2)22(29)24-19-6-4-5-18(13-19)23-16(3)27/h4-13,15H,1-3H3,(H,23,27)(H,24,29). The molecule has 0 fully saturated rings. The van der Waals surface area contributed by atoms with Crippen molar-refractivity contribution in [3.63, 3.8) is 0 Å². The van der Waals surface area contributed by atoms with Crippen LogP contribution in [0, 0.1) is 6.92 Å². The topological polar surface area (TPSA) is 93.1 Å². The molecule has 7 nitrogen and oxygen atoms in total. The van der Waals surface area contributed by atoms with Crippen molar-refractivity contribution in [1.82, 2.24) is 9.78 Å². The van der Waals surface area contributed by atoms with Gasteiger partial charge in [0.05, 0.1) is 5.69 Å². The lowest BCUT2D eigenvalue weighted by atomic mass is 10.1. The monoisotopic (exact) mass is 390 g/mol. The molecule has 0 aliphatic heterocycles. The minimum atomic E-state index is -0.822. The molecular formula is C22H22N4O3. The van der Waals surface area contributed by atoms with Crippen LogP contribution < -0.4 is 16.2 Å². The van der Waals surface area contributed by atoms with Crippen molar-refractivity contribution in [3.05, 3.63) is 76.6 Å². The summed E-state index contributed by atoms with van der Waals surface area (Å²) in [4.78, 5) is 36.2. The van der Waals surface area contributed by atoms with Gasteiger partial charge in [-0.05, 0) is 38.1 Å². The van der Waals surface area contributed by atoms with E-state index in [4.69, 9.17) is 0 Å². The molecule has 0 radical (unpaired) electrons. The van der Waals surface area contributed by atoms with E-state index in [2.05, 4.69) is 15.7 Å². The Morgan fingerprint density at radius 3 is 2.28 bits per heavy atom. The molecule has 0 spiro atoms. The van der Waals surface area contributed by atoms with Crippen molar-refractivity contribution >= 4 is 23.2 Å². The zero-order chi connectivity index (χ0) is 21.0. The maximum absolute atomic E-state index is 12.7. The maximum atomic E-state index is 12.7. The zero-order valence-electron chi connectivity index (χ0n) is 16.5. The number of anilines is 2. The van der Waals surface area contributed by atoms with E-state index in [0.717, 1.165) is 11.1 Å². The lowest BCUT2D eigenvalue weighted by molar-refractivity contribution is -0.119. The fourth-order valence-corrected chi connectivity index (χ4v) is 2.82. The first kappa shape index (κ1) is 20.0. The van der Waals surface area contributed by atoms with Crippen LogP contribution >= 0.6 is 0 Å². The van der Waals surface area contributed by atoms with Gasteiger partial charge in [0.1, 0.15) is 6.04 Å². The van der Waals surface area contributed by atoms with Crippen LogP contribution in [0.3, 0.4) is 0 Å². The van der Waals surface area contributed by atoms with E-state index in [1.807, 2.05) is 31.2 Å². The Morgan fingerprint density at radius 1 is 0.966 bits per heavy atom. The first-order valence-electron chi connectivity index (χ1n) is 9.19. The van der Waals surface area contributed by atoms with Crippen molar-refractivity contribution in [2.24, 2.45) is 0 Å². The van der Waals surface area contributed by atoms with Gasteiger partial charge >= 0.3 is 0 Å². The molecule has 1 atom stereocenters. The molecule has 1 unspecified atom stereocenters. The third-order valence-electron chi connectivity index (χ3n) is 4.37. The van der Waals surface area contributed by atoms with Crippen molar-refractivity contribution in [2.45, 2.75) is 26.8 Å². The Balaban J connectivity index is 1.82. The van der Waals surface area contributed by atoms with Gasteiger partial charge in [0.15, 0.2) is 0 Å². The number of hydrogen-bond acceptors (Lipinski definition) is 4. The molecule has 2 N–H and O–H groups in total. The summed E-state index contributed by atoms with van der Waals surface area (Å²) < 4.78 is 1.17. The number of carbonyl (C=O) groups excluding carboxylic acids is 2. The fraction of sp³-hybridized carbons (Fsp3) is 0.182. The Bertz CT molecular complexity index is 1100. The predicted molar refractivity (Wildman–Crippen MR) is 113 cm³/mol. The molecule has 3 rings (SSSR count). The number of benzene rings is 2. The van der Waals surface area contributed by atoms with E-state index in [9.17, 15) is 14.4 Å². The van der Waals surface area contributed by atoms with Crippen LogP contribution in [0.2, 0.25) is 0 Å². The average Bonchev–Trinajstić information content (AvgIpc) is 2.68. The number of carbonyl (C=O) groups is 2. The molecule has 7 heteroatoms. The lowest BCUT2D eigenvalue weighted by Crippen LogP contribution is -2.33. The number of rotatable bonds is 5. The summed E-state index contributed by atoms with van der Waals surface area (Å²) in [6.45, 7) is 5.01. The van der Waals surface area contributed by atoms with Crippen LogP contribution in [-0.2, 0) is 9.59 Å². The number of aromatic nitrogens is 2. The molecule has 0 saturated heterocycles. The summed E-state index contributed by atoms with van der Waals surface area (Å²) >= 11 is 0. The van der Waals surface area contributed by atoms with Crippen LogP contribution in [0.25, 0.3) is 11.3 Å². The van der Waals surface area contributed by atoms with Crippen LogP contribution in [0.4, 0.5) is 11.4 Å². The number of amides is 2. The molecule has 1 aromatic heterocycles. The summed E-state index contributed by atoms with van der Waals surface area (Å²) in [6, 6.07) is 16.8. The van der Waals surface area contributed by atoms with E-state index >= 15 is 0 Å². The molecule has 0 saturated carbocycles. The third-order valence-corrected chi connectivity index (χ3v) is 4.37. The minimum absolute atomic E-state index is 0.203. The number of hydrogen-bond donors (Lipinski definition) is 2. The summed E-state index contributed by atoms with van der Waals surface area (Å²) in [5.74, 6) is -0.592. The number of nitrogens with one attached hydrogen (secondary N) is 2. The van der Waals surface area contributed by atoms with Gasteiger partial charge in [0.25, 0.3) is 5.56 Å². The first-order valence-corrected chi connectivity index (χ1v) is 9.19. The van der Waals surface area contributed by atoms with Crippen LogP contribution in [0.15, 0.2) is 65.5 Å². The highest BCUT2D eigenvalue weighted by atomic mass is 16.2. The Morgan fingerprint density at radius 2 is 1.62 bits per heavy atom. The Kier molecular flexibility index (Phi) is 5.87. The van der Waals surface area contributed by atoms with Crippen LogP contribution in [0.5, 0.6) is 0 Å². The molecule has 148 valence electrons. The number of aryl methyl sites for hydroxylation is 1. The molecule has 0 bridgehead atoms. The second kappa shape index (κ2) is 8.52. The minimum Gasteiger partial charge on any atom is -0.326 e. The summed E-state index contributed by atoms with van der Waals surface area (Å²) in [7, 11) is 0. The molecule has 0 aliphatic rings. The normalized spacial score (nSPS) is 11.6. The van der Waals surface area contributed by atoms with Crippen LogP contribution in [-0.4, -0.2) is 21.6 Å². The highest BCUT2D eigenvalue weighted by Crippen LogP contribution is 2.19. The SMILES string of the molecule is CC(=O)Nc1cccc(NC(=O)C(C)n2nc(-c3ccc(C)cc3)ccc2=O)c1. The molecule has 3 aromatic rings. The molecular weight excluding hydrogens is 368 g/mol. The zero-order valence-corrected chi connectivity index (χ0v) is 16.5. The van der Waals surface area contributed by atoms with Gasteiger partial charge in [-0.1, -0.05) is 35.9 Å². The molecule has 0 aliphatic carbocycles. The molecule has 1 heterocycles. The van der Waals surface area contributed by atoms with Gasteiger partial charge in [0, 0.05) is 29.9 Å². The predicted octanol–water partition coefficient (Wildman–Crippen LogP) is 3.38. The second-order valence-electron chi connectivity index (χ2n) is 6.79. The summed E-state index contributed by atoms with van der Waals surface area (Å²) in [5.41, 5.74) is 3.30. The molecule has 2 aromatic carbocycles. The van der Waals surface area contributed by atoms with E-state index < -0.39 is 6.04 Å². The highest BCUT2D eigenvalue weighted by molar-refractivity contribution is 5.95. The van der Waals surface area contributed by atoms with Gasteiger partial charge < -0.3 is 10.6 Å².